The zero-order valence-corrected chi connectivity index (χ0v) is 9.17. The van der Waals surface area contributed by atoms with Crippen LogP contribution in [0.2, 0.25) is 0 Å². The van der Waals surface area contributed by atoms with Crippen LogP contribution >= 0.6 is 33.4 Å². The summed E-state index contributed by atoms with van der Waals surface area (Å²) in [6, 6.07) is 0. The smallest absolute Gasteiger partial charge is 0.343 e. The lowest BCUT2D eigenvalue weighted by molar-refractivity contribution is -0.144. The number of ether oxygens (including phenoxy) is 1. The molecule has 2 aliphatic heterocycles. The number of halogens is 1. The van der Waals surface area contributed by atoms with Crippen LogP contribution < -0.4 is 0 Å². The van der Waals surface area contributed by atoms with Crippen molar-refractivity contribution in [2.24, 2.45) is 4.40 Å². The normalized spacial score (nSPS) is 27.6. The number of rotatable bonds is 0. The highest BCUT2D eigenvalue weighted by Crippen LogP contribution is 2.43. The molecular weight excluding hydrogens is 246 g/mol. The van der Waals surface area contributed by atoms with Gasteiger partial charge in [-0.3, -0.25) is 4.79 Å². The van der Waals surface area contributed by atoms with E-state index in [1.54, 1.807) is 0 Å². The fraction of sp³-hybridized carbons (Fsp3) is 0.286. The van der Waals surface area contributed by atoms with Crippen molar-refractivity contribution in [2.75, 3.05) is 6.61 Å². The van der Waals surface area contributed by atoms with E-state index in [1.807, 2.05) is 0 Å². The van der Waals surface area contributed by atoms with Gasteiger partial charge in [-0.2, -0.15) is 4.40 Å². The number of Topliss-reactive ketones (excluding diaryl/α,β-unsaturated/α-hetero) is 1. The van der Waals surface area contributed by atoms with E-state index < -0.39 is 5.97 Å². The predicted octanol–water partition coefficient (Wildman–Crippen LogP) is 1.70. The molecule has 0 aromatic heterocycles. The van der Waals surface area contributed by atoms with Crippen LogP contribution in [0.4, 0.5) is 0 Å². The minimum Gasteiger partial charge on any atom is -0.461 e. The Morgan fingerprint density at radius 3 is 2.79 bits per heavy atom. The number of hydrogen-bond donors (Lipinski definition) is 0. The van der Waals surface area contributed by atoms with Crippen LogP contribution in [0.5, 0.6) is 0 Å². The first kappa shape index (κ1) is 10.1. The van der Waals surface area contributed by atoms with E-state index >= 15 is 0 Å². The third kappa shape index (κ3) is 1.69. The molecule has 74 valence electrons. The average Bonchev–Trinajstić information content (AvgIpc) is 2.52. The standard InChI is InChI=1S/C7H4ClNO3S2/c8-6-5(13-14-9-6)4-3(10)1-2-12-7(4)11/h1-2H2/b5-4-. The molecule has 0 N–H and O–H groups in total. The summed E-state index contributed by atoms with van der Waals surface area (Å²) in [4.78, 5) is 23.2. The maximum Gasteiger partial charge on any atom is 0.343 e. The fourth-order valence-corrected chi connectivity index (χ4v) is 3.42. The molecule has 7 heteroatoms. The molecule has 0 bridgehead atoms. The summed E-state index contributed by atoms with van der Waals surface area (Å²) in [7, 11) is 2.35. The molecule has 1 fully saturated rings. The van der Waals surface area contributed by atoms with Gasteiger partial charge in [0.2, 0.25) is 0 Å². The van der Waals surface area contributed by atoms with E-state index in [1.165, 1.54) is 10.8 Å². The Kier molecular flexibility index (Phi) is 2.85. The van der Waals surface area contributed by atoms with Gasteiger partial charge >= 0.3 is 5.97 Å². The van der Waals surface area contributed by atoms with Gasteiger partial charge in [0.05, 0.1) is 22.5 Å². The Bertz CT molecular complexity index is 359. The second kappa shape index (κ2) is 3.96. The maximum atomic E-state index is 11.4. The number of hydrogen-bond acceptors (Lipinski definition) is 6. The Balaban J connectivity index is 2.43. The van der Waals surface area contributed by atoms with Crippen molar-refractivity contribution in [1.82, 2.24) is 0 Å². The van der Waals surface area contributed by atoms with Gasteiger partial charge in [-0.05, 0) is 10.8 Å². The van der Waals surface area contributed by atoms with Crippen molar-refractivity contribution < 1.29 is 14.3 Å². The molecule has 0 unspecified atom stereocenters. The number of carbonyl (C=O) groups excluding carboxylic acids is 2. The van der Waals surface area contributed by atoms with E-state index in [0.717, 1.165) is 11.0 Å². The Labute approximate surface area is 92.6 Å². The largest absolute Gasteiger partial charge is 0.461 e. The third-order valence-electron chi connectivity index (χ3n) is 1.70. The zero-order valence-electron chi connectivity index (χ0n) is 6.78. The molecule has 1 saturated heterocycles. The van der Waals surface area contributed by atoms with Crippen molar-refractivity contribution in [3.63, 3.8) is 0 Å². The highest BCUT2D eigenvalue weighted by atomic mass is 35.5. The molecular formula is C7H4ClNO3S2. The molecule has 0 aromatic rings. The number of nitrogens with zero attached hydrogens (tertiary/aromatic N) is 1. The summed E-state index contributed by atoms with van der Waals surface area (Å²) in [6.45, 7) is 0.154. The summed E-state index contributed by atoms with van der Waals surface area (Å²) in [5.74, 6) is -0.820. The molecule has 0 aliphatic carbocycles. The van der Waals surface area contributed by atoms with E-state index in [-0.39, 0.29) is 29.6 Å². The van der Waals surface area contributed by atoms with Gasteiger partial charge < -0.3 is 4.74 Å². The van der Waals surface area contributed by atoms with Gasteiger partial charge in [-0.25, -0.2) is 4.79 Å². The first-order valence-corrected chi connectivity index (χ1v) is 6.21. The molecule has 0 aromatic carbocycles. The van der Waals surface area contributed by atoms with Crippen LogP contribution in [-0.2, 0) is 14.3 Å². The highest BCUT2D eigenvalue weighted by molar-refractivity contribution is 8.78. The van der Waals surface area contributed by atoms with E-state index in [2.05, 4.69) is 4.40 Å². The highest BCUT2D eigenvalue weighted by Gasteiger charge is 2.32. The number of esters is 1. The summed E-state index contributed by atoms with van der Waals surface area (Å²) in [6.07, 6.45) is 0.222. The Hall–Kier alpha value is -0.460. The monoisotopic (exact) mass is 249 g/mol. The number of ketones is 1. The summed E-state index contributed by atoms with van der Waals surface area (Å²) < 4.78 is 8.57. The number of allylic oxidation sites excluding steroid dienone is 1. The van der Waals surface area contributed by atoms with Crippen molar-refractivity contribution in [2.45, 2.75) is 6.42 Å². The van der Waals surface area contributed by atoms with E-state index in [0.29, 0.717) is 4.91 Å². The minimum absolute atomic E-state index is 0.0417. The molecule has 14 heavy (non-hydrogen) atoms. The first-order chi connectivity index (χ1) is 6.70. The summed E-state index contributed by atoms with van der Waals surface area (Å²) >= 11 is 5.73. The second-order valence-corrected chi connectivity index (χ2v) is 4.76. The van der Waals surface area contributed by atoms with Gasteiger partial charge in [0.25, 0.3) is 0 Å². The Morgan fingerprint density at radius 2 is 2.21 bits per heavy atom. The van der Waals surface area contributed by atoms with Gasteiger partial charge in [0.1, 0.15) is 5.57 Å². The molecule has 0 atom stereocenters. The van der Waals surface area contributed by atoms with Crippen molar-refractivity contribution >= 4 is 50.3 Å². The lowest BCUT2D eigenvalue weighted by Gasteiger charge is -2.13. The average molecular weight is 250 g/mol. The predicted molar refractivity (Wildman–Crippen MR) is 56.1 cm³/mol. The topological polar surface area (TPSA) is 55.7 Å². The van der Waals surface area contributed by atoms with Gasteiger partial charge in [-0.15, -0.1) is 0 Å². The van der Waals surface area contributed by atoms with Crippen molar-refractivity contribution in [1.29, 1.82) is 0 Å². The molecule has 2 aliphatic rings. The quantitative estimate of drug-likeness (QED) is 0.215. The van der Waals surface area contributed by atoms with E-state index in [9.17, 15) is 9.59 Å². The fourth-order valence-electron chi connectivity index (χ4n) is 1.08. The second-order valence-electron chi connectivity index (χ2n) is 2.55. The van der Waals surface area contributed by atoms with Gasteiger partial charge in [-0.1, -0.05) is 11.6 Å². The first-order valence-electron chi connectivity index (χ1n) is 3.72. The van der Waals surface area contributed by atoms with Crippen molar-refractivity contribution in [3.05, 3.63) is 10.5 Å². The Morgan fingerprint density at radius 1 is 1.43 bits per heavy atom. The van der Waals surface area contributed by atoms with Gasteiger partial charge in [0.15, 0.2) is 11.0 Å². The minimum atomic E-state index is -0.598. The molecule has 2 heterocycles. The zero-order chi connectivity index (χ0) is 10.1. The van der Waals surface area contributed by atoms with Gasteiger partial charge in [0, 0.05) is 6.42 Å². The summed E-state index contributed by atoms with van der Waals surface area (Å²) in [5.41, 5.74) is 0.0417. The van der Waals surface area contributed by atoms with Crippen LogP contribution in [0.15, 0.2) is 14.9 Å². The molecule has 4 nitrogen and oxygen atoms in total. The molecule has 0 spiro atoms. The lowest BCUT2D eigenvalue weighted by Crippen LogP contribution is -2.25. The maximum absolute atomic E-state index is 11.4. The van der Waals surface area contributed by atoms with Crippen LogP contribution in [0, 0.1) is 0 Å². The summed E-state index contributed by atoms with van der Waals surface area (Å²) in [5, 5.41) is 0.196. The molecule has 2 rings (SSSR count). The molecule has 0 amide bonds. The van der Waals surface area contributed by atoms with Crippen LogP contribution in [0.3, 0.4) is 0 Å². The lowest BCUT2D eigenvalue weighted by atomic mass is 10.1. The SMILES string of the molecule is O=C1CCOC(=O)/C1=C1\SSN=C1Cl. The number of cyclic esters (lactones) is 1. The number of carbonyl (C=O) groups is 2. The van der Waals surface area contributed by atoms with Crippen LogP contribution in [0.1, 0.15) is 6.42 Å². The third-order valence-corrected chi connectivity index (χ3v) is 4.03. The van der Waals surface area contributed by atoms with Crippen LogP contribution in [-0.4, -0.2) is 23.5 Å². The van der Waals surface area contributed by atoms with Crippen molar-refractivity contribution in [3.8, 4) is 0 Å². The molecule has 0 radical (unpaired) electrons. The van der Waals surface area contributed by atoms with Crippen LogP contribution in [0.25, 0.3) is 0 Å². The van der Waals surface area contributed by atoms with E-state index in [4.69, 9.17) is 16.3 Å². The molecule has 0 saturated carbocycles.